The third-order valence-electron chi connectivity index (χ3n) is 1.78. The van der Waals surface area contributed by atoms with Gasteiger partial charge < -0.3 is 10.8 Å². The van der Waals surface area contributed by atoms with Gasteiger partial charge in [0.25, 0.3) is 0 Å². The first kappa shape index (κ1) is 11.1. The highest BCUT2D eigenvalue weighted by Gasteiger charge is 2.05. The maximum absolute atomic E-state index is 8.74. The maximum atomic E-state index is 8.74. The molecule has 1 aromatic heterocycles. The zero-order valence-electron chi connectivity index (χ0n) is 8.16. The van der Waals surface area contributed by atoms with Crippen LogP contribution < -0.4 is 5.73 Å². The molecule has 0 aliphatic carbocycles. The molecule has 0 amide bonds. The van der Waals surface area contributed by atoms with Gasteiger partial charge in [0.05, 0.1) is 6.61 Å². The third-order valence-corrected chi connectivity index (χ3v) is 2.82. The molecule has 0 aliphatic rings. The first-order chi connectivity index (χ1) is 6.69. The highest BCUT2D eigenvalue weighted by atomic mass is 32.2. The van der Waals surface area contributed by atoms with Crippen molar-refractivity contribution in [1.82, 2.24) is 4.98 Å². The van der Waals surface area contributed by atoms with E-state index in [4.69, 9.17) is 10.8 Å². The van der Waals surface area contributed by atoms with E-state index in [0.717, 1.165) is 16.2 Å². The van der Waals surface area contributed by atoms with Crippen molar-refractivity contribution in [2.75, 3.05) is 18.1 Å². The van der Waals surface area contributed by atoms with Gasteiger partial charge in [0.1, 0.15) is 5.82 Å². The normalized spacial score (nSPS) is 10.1. The molecule has 0 saturated carbocycles. The fourth-order valence-electron chi connectivity index (χ4n) is 1.20. The van der Waals surface area contributed by atoms with Crippen LogP contribution in [0.25, 0.3) is 6.08 Å². The lowest BCUT2D eigenvalue weighted by molar-refractivity contribution is 0.322. The highest BCUT2D eigenvalue weighted by Crippen LogP contribution is 2.26. The standard InChI is InChI=1S/C10H14N2OS/c1-3-8-7(2)12-10(11)6-9(8)14-5-4-13/h3,6,13H,1,4-5H2,2H3,(H2,11,12). The number of nitrogen functional groups attached to an aromatic ring is 1. The van der Waals surface area contributed by atoms with Gasteiger partial charge >= 0.3 is 0 Å². The lowest BCUT2D eigenvalue weighted by Crippen LogP contribution is -1.97. The van der Waals surface area contributed by atoms with Gasteiger partial charge in [0, 0.05) is 21.9 Å². The minimum absolute atomic E-state index is 0.155. The first-order valence-electron chi connectivity index (χ1n) is 4.32. The molecule has 14 heavy (non-hydrogen) atoms. The summed E-state index contributed by atoms with van der Waals surface area (Å²) in [5.41, 5.74) is 7.51. The van der Waals surface area contributed by atoms with Gasteiger partial charge in [-0.1, -0.05) is 12.7 Å². The fourth-order valence-corrected chi connectivity index (χ4v) is 2.10. The molecule has 1 rings (SSSR count). The van der Waals surface area contributed by atoms with Crippen molar-refractivity contribution in [2.45, 2.75) is 11.8 Å². The molecule has 0 spiro atoms. The summed E-state index contributed by atoms with van der Waals surface area (Å²) in [7, 11) is 0. The van der Waals surface area contributed by atoms with E-state index in [2.05, 4.69) is 11.6 Å². The molecule has 0 saturated heterocycles. The number of aromatic nitrogens is 1. The minimum atomic E-state index is 0.155. The molecule has 0 atom stereocenters. The van der Waals surface area contributed by atoms with Crippen LogP contribution >= 0.6 is 11.8 Å². The van der Waals surface area contributed by atoms with E-state index >= 15 is 0 Å². The summed E-state index contributed by atoms with van der Waals surface area (Å²) < 4.78 is 0. The summed E-state index contributed by atoms with van der Waals surface area (Å²) in [5, 5.41) is 8.74. The number of aryl methyl sites for hydroxylation is 1. The van der Waals surface area contributed by atoms with Crippen LogP contribution in [0, 0.1) is 6.92 Å². The SMILES string of the molecule is C=Cc1c(SCCO)cc(N)nc1C. The number of nitrogens with two attached hydrogens (primary N) is 1. The molecule has 0 fully saturated rings. The maximum Gasteiger partial charge on any atom is 0.124 e. The number of pyridine rings is 1. The second kappa shape index (κ2) is 5.02. The molecular formula is C10H14N2OS. The van der Waals surface area contributed by atoms with Crippen molar-refractivity contribution in [3.05, 3.63) is 23.9 Å². The van der Waals surface area contributed by atoms with Crippen LogP contribution in [0.2, 0.25) is 0 Å². The van der Waals surface area contributed by atoms with Gasteiger partial charge in [-0.15, -0.1) is 11.8 Å². The topological polar surface area (TPSA) is 59.1 Å². The van der Waals surface area contributed by atoms with Crippen LogP contribution in [0.1, 0.15) is 11.3 Å². The number of aliphatic hydroxyl groups is 1. The summed E-state index contributed by atoms with van der Waals surface area (Å²) in [6.07, 6.45) is 1.77. The number of rotatable bonds is 4. The second-order valence-corrected chi connectivity index (χ2v) is 3.96. The smallest absolute Gasteiger partial charge is 0.124 e. The molecule has 3 N–H and O–H groups in total. The summed E-state index contributed by atoms with van der Waals surface area (Å²) in [4.78, 5) is 5.17. The van der Waals surface area contributed by atoms with Crippen molar-refractivity contribution in [2.24, 2.45) is 0 Å². The molecule has 0 bridgehead atoms. The Balaban J connectivity index is 3.05. The molecule has 1 aromatic rings. The summed E-state index contributed by atoms with van der Waals surface area (Å²) in [6, 6.07) is 1.81. The lowest BCUT2D eigenvalue weighted by atomic mass is 10.2. The summed E-state index contributed by atoms with van der Waals surface area (Å²) >= 11 is 1.56. The van der Waals surface area contributed by atoms with E-state index in [1.165, 1.54) is 0 Å². The fraction of sp³-hybridized carbons (Fsp3) is 0.300. The van der Waals surface area contributed by atoms with Crippen LogP contribution in [-0.2, 0) is 0 Å². The van der Waals surface area contributed by atoms with Gasteiger partial charge in [-0.05, 0) is 13.0 Å². The number of nitrogens with zero attached hydrogens (tertiary/aromatic N) is 1. The van der Waals surface area contributed by atoms with Gasteiger partial charge in [-0.2, -0.15) is 0 Å². The van der Waals surface area contributed by atoms with E-state index in [1.807, 2.05) is 13.0 Å². The Hall–Kier alpha value is -1.00. The first-order valence-corrected chi connectivity index (χ1v) is 5.30. The molecule has 4 heteroatoms. The number of thioether (sulfide) groups is 1. The Bertz CT molecular complexity index is 339. The Morgan fingerprint density at radius 1 is 1.71 bits per heavy atom. The zero-order chi connectivity index (χ0) is 10.6. The number of aliphatic hydroxyl groups excluding tert-OH is 1. The predicted octanol–water partition coefficient (Wildman–Crippen LogP) is 1.70. The van der Waals surface area contributed by atoms with Crippen LogP contribution in [0.4, 0.5) is 5.82 Å². The molecule has 76 valence electrons. The molecular weight excluding hydrogens is 196 g/mol. The van der Waals surface area contributed by atoms with E-state index < -0.39 is 0 Å². The highest BCUT2D eigenvalue weighted by molar-refractivity contribution is 7.99. The van der Waals surface area contributed by atoms with Crippen LogP contribution in [-0.4, -0.2) is 22.5 Å². The van der Waals surface area contributed by atoms with E-state index in [9.17, 15) is 0 Å². The van der Waals surface area contributed by atoms with Gasteiger partial charge in [-0.25, -0.2) is 4.98 Å². The van der Waals surface area contributed by atoms with Crippen molar-refractivity contribution >= 4 is 23.7 Å². The van der Waals surface area contributed by atoms with Crippen molar-refractivity contribution in [1.29, 1.82) is 0 Å². The molecule has 0 aliphatic heterocycles. The van der Waals surface area contributed by atoms with Crippen LogP contribution in [0.3, 0.4) is 0 Å². The average molecular weight is 210 g/mol. The van der Waals surface area contributed by atoms with Crippen molar-refractivity contribution in [3.8, 4) is 0 Å². The number of anilines is 1. The molecule has 1 heterocycles. The average Bonchev–Trinajstić information content (AvgIpc) is 2.14. The number of hydrogen-bond acceptors (Lipinski definition) is 4. The van der Waals surface area contributed by atoms with Crippen molar-refractivity contribution < 1.29 is 5.11 Å². The monoisotopic (exact) mass is 210 g/mol. The zero-order valence-corrected chi connectivity index (χ0v) is 8.97. The molecule has 0 unspecified atom stereocenters. The lowest BCUT2D eigenvalue weighted by Gasteiger charge is -2.08. The minimum Gasteiger partial charge on any atom is -0.396 e. The Labute approximate surface area is 88.0 Å². The molecule has 0 radical (unpaired) electrons. The predicted molar refractivity (Wildman–Crippen MR) is 61.3 cm³/mol. The van der Waals surface area contributed by atoms with E-state index in [1.54, 1.807) is 17.8 Å². The van der Waals surface area contributed by atoms with Crippen LogP contribution in [0.15, 0.2) is 17.5 Å². The third kappa shape index (κ3) is 2.49. The second-order valence-electron chi connectivity index (χ2n) is 2.82. The summed E-state index contributed by atoms with van der Waals surface area (Å²) in [6.45, 7) is 5.79. The molecule has 0 aromatic carbocycles. The summed E-state index contributed by atoms with van der Waals surface area (Å²) in [5.74, 6) is 1.16. The van der Waals surface area contributed by atoms with E-state index in [-0.39, 0.29) is 6.61 Å². The van der Waals surface area contributed by atoms with Gasteiger partial charge in [0.15, 0.2) is 0 Å². The molecule has 3 nitrogen and oxygen atoms in total. The largest absolute Gasteiger partial charge is 0.396 e. The van der Waals surface area contributed by atoms with Gasteiger partial charge in [-0.3, -0.25) is 0 Å². The van der Waals surface area contributed by atoms with Gasteiger partial charge in [0.2, 0.25) is 0 Å². The Kier molecular flexibility index (Phi) is 3.98. The Morgan fingerprint density at radius 3 is 3.00 bits per heavy atom. The number of hydrogen-bond donors (Lipinski definition) is 2. The Morgan fingerprint density at radius 2 is 2.43 bits per heavy atom. The quantitative estimate of drug-likeness (QED) is 0.743. The van der Waals surface area contributed by atoms with Crippen molar-refractivity contribution in [3.63, 3.8) is 0 Å². The van der Waals surface area contributed by atoms with Crippen LogP contribution in [0.5, 0.6) is 0 Å². The van der Waals surface area contributed by atoms with E-state index in [0.29, 0.717) is 11.6 Å².